The molecule has 1 N–H and O–H groups in total. The van der Waals surface area contributed by atoms with Crippen molar-refractivity contribution in [1.29, 1.82) is 0 Å². The number of thiophene rings is 1. The fourth-order valence-electron chi connectivity index (χ4n) is 2.26. The van der Waals surface area contributed by atoms with Gasteiger partial charge in [0.05, 0.1) is 17.3 Å². The van der Waals surface area contributed by atoms with E-state index in [1.54, 1.807) is 18.2 Å². The molecule has 26 heavy (non-hydrogen) atoms. The molecule has 5 nitrogen and oxygen atoms in total. The number of halogens is 1. The van der Waals surface area contributed by atoms with Crippen molar-refractivity contribution in [2.75, 3.05) is 6.61 Å². The lowest BCUT2D eigenvalue weighted by atomic mass is 10.1. The first kappa shape index (κ1) is 20.1. The molecule has 0 fully saturated rings. The van der Waals surface area contributed by atoms with Crippen molar-refractivity contribution in [3.05, 3.63) is 56.7 Å². The quantitative estimate of drug-likeness (QED) is 0.541. The molecule has 1 amide bonds. The normalized spacial score (nSPS) is 11.7. The Labute approximate surface area is 161 Å². The summed E-state index contributed by atoms with van der Waals surface area (Å²) >= 11 is 7.23. The summed E-state index contributed by atoms with van der Waals surface area (Å²) in [5, 5.41) is 3.36. The van der Waals surface area contributed by atoms with Crippen LogP contribution in [0, 0.1) is 6.92 Å². The molecule has 138 valence electrons. The van der Waals surface area contributed by atoms with Gasteiger partial charge in [0.25, 0.3) is 5.91 Å². The van der Waals surface area contributed by atoms with E-state index in [4.69, 9.17) is 16.3 Å². The predicted molar refractivity (Wildman–Crippen MR) is 102 cm³/mol. The molecule has 1 aromatic heterocycles. The van der Waals surface area contributed by atoms with Gasteiger partial charge in [-0.1, -0.05) is 23.7 Å². The zero-order valence-electron chi connectivity index (χ0n) is 14.6. The van der Waals surface area contributed by atoms with E-state index < -0.39 is 11.9 Å². The third kappa shape index (κ3) is 6.28. The second-order valence-electron chi connectivity index (χ2n) is 5.83. The largest absolute Gasteiger partial charge is 0.456 e. The molecular formula is C19H20ClNO4S. The SMILES string of the molecule is Cc1ccc(C(=O)CCC(=O)OCC(=O)N[C@@H](C)c2ccc(Cl)cc2)s1. The fraction of sp³-hybridized carbons (Fsp3) is 0.316. The minimum Gasteiger partial charge on any atom is -0.456 e. The number of aryl methyl sites for hydroxylation is 1. The van der Waals surface area contributed by atoms with Crippen LogP contribution >= 0.6 is 22.9 Å². The Morgan fingerprint density at radius 2 is 1.81 bits per heavy atom. The number of Topliss-reactive ketones (excluding diaryl/α,β-unsaturated/α-hetero) is 1. The summed E-state index contributed by atoms with van der Waals surface area (Å²) in [5.41, 5.74) is 0.894. The minimum absolute atomic E-state index is 0.0458. The summed E-state index contributed by atoms with van der Waals surface area (Å²) in [7, 11) is 0. The maximum atomic E-state index is 11.9. The Balaban J connectivity index is 1.70. The van der Waals surface area contributed by atoms with Crippen LogP contribution in [0.3, 0.4) is 0 Å². The molecule has 0 aliphatic rings. The number of hydrogen-bond donors (Lipinski definition) is 1. The van der Waals surface area contributed by atoms with Crippen LogP contribution in [0.2, 0.25) is 5.02 Å². The average Bonchev–Trinajstić information content (AvgIpc) is 3.05. The predicted octanol–water partition coefficient (Wildman–Crippen LogP) is 4.09. The van der Waals surface area contributed by atoms with Crippen LogP contribution in [0.25, 0.3) is 0 Å². The van der Waals surface area contributed by atoms with Gasteiger partial charge in [-0.15, -0.1) is 11.3 Å². The highest BCUT2D eigenvalue weighted by atomic mass is 35.5. The van der Waals surface area contributed by atoms with E-state index in [-0.39, 0.29) is 31.3 Å². The van der Waals surface area contributed by atoms with E-state index >= 15 is 0 Å². The molecule has 0 radical (unpaired) electrons. The topological polar surface area (TPSA) is 72.5 Å². The number of ether oxygens (including phenoxy) is 1. The number of rotatable bonds is 8. The highest BCUT2D eigenvalue weighted by Crippen LogP contribution is 2.18. The van der Waals surface area contributed by atoms with E-state index in [2.05, 4.69) is 5.32 Å². The monoisotopic (exact) mass is 393 g/mol. The molecule has 0 bridgehead atoms. The smallest absolute Gasteiger partial charge is 0.306 e. The molecule has 0 aliphatic carbocycles. The number of carbonyl (C=O) groups excluding carboxylic acids is 3. The van der Waals surface area contributed by atoms with Crippen LogP contribution in [-0.2, 0) is 14.3 Å². The maximum Gasteiger partial charge on any atom is 0.306 e. The Morgan fingerprint density at radius 1 is 1.12 bits per heavy atom. The number of carbonyl (C=O) groups is 3. The zero-order valence-corrected chi connectivity index (χ0v) is 16.2. The van der Waals surface area contributed by atoms with Crippen LogP contribution < -0.4 is 5.32 Å². The van der Waals surface area contributed by atoms with Crippen molar-refractivity contribution in [2.24, 2.45) is 0 Å². The van der Waals surface area contributed by atoms with Gasteiger partial charge in [0.15, 0.2) is 12.4 Å². The van der Waals surface area contributed by atoms with E-state index in [9.17, 15) is 14.4 Å². The molecule has 2 rings (SSSR count). The Bertz CT molecular complexity index is 785. The van der Waals surface area contributed by atoms with Gasteiger partial charge in [-0.05, 0) is 43.7 Å². The van der Waals surface area contributed by atoms with Gasteiger partial charge >= 0.3 is 5.97 Å². The summed E-state index contributed by atoms with van der Waals surface area (Å²) < 4.78 is 4.93. The molecule has 7 heteroatoms. The first-order valence-electron chi connectivity index (χ1n) is 8.15. The Kier molecular flexibility index (Phi) is 7.36. The third-order valence-corrected chi connectivity index (χ3v) is 4.98. The maximum absolute atomic E-state index is 11.9. The van der Waals surface area contributed by atoms with Gasteiger partial charge in [-0.3, -0.25) is 14.4 Å². The highest BCUT2D eigenvalue weighted by Gasteiger charge is 2.14. The van der Waals surface area contributed by atoms with Crippen molar-refractivity contribution in [1.82, 2.24) is 5.32 Å². The van der Waals surface area contributed by atoms with E-state index in [0.29, 0.717) is 9.90 Å². The van der Waals surface area contributed by atoms with Gasteiger partial charge in [0.1, 0.15) is 0 Å². The Morgan fingerprint density at radius 3 is 2.42 bits per heavy atom. The molecule has 0 saturated heterocycles. The van der Waals surface area contributed by atoms with Crippen molar-refractivity contribution in [3.8, 4) is 0 Å². The molecule has 1 heterocycles. The summed E-state index contributed by atoms with van der Waals surface area (Å²) in [5.74, 6) is -1.07. The van der Waals surface area contributed by atoms with Gasteiger partial charge in [0.2, 0.25) is 0 Å². The van der Waals surface area contributed by atoms with Gasteiger partial charge in [0, 0.05) is 16.3 Å². The molecule has 0 spiro atoms. The van der Waals surface area contributed by atoms with Crippen LogP contribution in [0.4, 0.5) is 0 Å². The summed E-state index contributed by atoms with van der Waals surface area (Å²) in [6, 6.07) is 10.5. The van der Waals surface area contributed by atoms with Crippen molar-refractivity contribution < 1.29 is 19.1 Å². The number of benzene rings is 1. The first-order chi connectivity index (χ1) is 12.3. The summed E-state index contributed by atoms with van der Waals surface area (Å²) in [6.45, 7) is 3.37. The van der Waals surface area contributed by atoms with E-state index in [0.717, 1.165) is 10.4 Å². The van der Waals surface area contributed by atoms with Gasteiger partial charge in [-0.2, -0.15) is 0 Å². The highest BCUT2D eigenvalue weighted by molar-refractivity contribution is 7.14. The Hall–Kier alpha value is -2.18. The number of nitrogens with one attached hydrogen (secondary N) is 1. The summed E-state index contributed by atoms with van der Waals surface area (Å²) in [6.07, 6.45) is 0.0252. The first-order valence-corrected chi connectivity index (χ1v) is 9.34. The summed E-state index contributed by atoms with van der Waals surface area (Å²) in [4.78, 5) is 37.2. The van der Waals surface area contributed by atoms with Crippen molar-refractivity contribution in [2.45, 2.75) is 32.7 Å². The second-order valence-corrected chi connectivity index (χ2v) is 7.56. The van der Waals surface area contributed by atoms with E-state index in [1.807, 2.05) is 32.0 Å². The zero-order chi connectivity index (χ0) is 19.1. The van der Waals surface area contributed by atoms with Gasteiger partial charge < -0.3 is 10.1 Å². The average molecular weight is 394 g/mol. The van der Waals surface area contributed by atoms with Crippen LogP contribution in [0.1, 0.15) is 45.9 Å². The lowest BCUT2D eigenvalue weighted by Crippen LogP contribution is -2.31. The molecule has 2 aromatic rings. The third-order valence-electron chi connectivity index (χ3n) is 3.68. The molecule has 0 unspecified atom stereocenters. The van der Waals surface area contributed by atoms with Crippen LogP contribution in [-0.4, -0.2) is 24.3 Å². The van der Waals surface area contributed by atoms with Crippen molar-refractivity contribution >= 4 is 40.6 Å². The standard InChI is InChI=1S/C19H20ClNO4S/c1-12-3-9-17(26-12)16(22)8-10-19(24)25-11-18(23)21-13(2)14-4-6-15(20)7-5-14/h3-7,9,13H,8,10-11H2,1-2H3,(H,21,23)/t13-/m0/s1. The van der Waals surface area contributed by atoms with Gasteiger partial charge in [-0.25, -0.2) is 0 Å². The lowest BCUT2D eigenvalue weighted by Gasteiger charge is -2.14. The second kappa shape index (κ2) is 9.50. The van der Waals surface area contributed by atoms with Crippen LogP contribution in [0.15, 0.2) is 36.4 Å². The molecular weight excluding hydrogens is 374 g/mol. The molecule has 1 aromatic carbocycles. The van der Waals surface area contributed by atoms with Crippen LogP contribution in [0.5, 0.6) is 0 Å². The van der Waals surface area contributed by atoms with Crippen molar-refractivity contribution in [3.63, 3.8) is 0 Å². The minimum atomic E-state index is -0.569. The lowest BCUT2D eigenvalue weighted by molar-refractivity contribution is -0.148. The molecule has 0 aliphatic heterocycles. The number of hydrogen-bond acceptors (Lipinski definition) is 5. The number of esters is 1. The number of ketones is 1. The fourth-order valence-corrected chi connectivity index (χ4v) is 3.22. The van der Waals surface area contributed by atoms with E-state index in [1.165, 1.54) is 11.3 Å². The number of amides is 1. The molecule has 0 saturated carbocycles. The molecule has 1 atom stereocenters.